The lowest BCUT2D eigenvalue weighted by molar-refractivity contribution is 0.0832. The zero-order valence-corrected chi connectivity index (χ0v) is 14.3. The maximum atomic E-state index is 12.7. The van der Waals surface area contributed by atoms with Gasteiger partial charge in [0.1, 0.15) is 11.3 Å². The Morgan fingerprint density at radius 1 is 1.43 bits per heavy atom. The van der Waals surface area contributed by atoms with Gasteiger partial charge in [-0.15, -0.1) is 0 Å². The van der Waals surface area contributed by atoms with E-state index in [9.17, 15) is 4.79 Å². The lowest BCUT2D eigenvalue weighted by Crippen LogP contribution is -2.46. The van der Waals surface area contributed by atoms with E-state index in [1.165, 1.54) is 12.8 Å². The number of aromatic amines is 1. The number of H-pyrrole nitrogens is 1. The summed E-state index contributed by atoms with van der Waals surface area (Å²) in [6.45, 7) is 9.09. The number of rotatable bonds is 2. The number of hydrogen-bond acceptors (Lipinski definition) is 2. The average Bonchev–Trinajstić information content (AvgIpc) is 3.12. The zero-order chi connectivity index (χ0) is 16.4. The van der Waals surface area contributed by atoms with Gasteiger partial charge in [-0.3, -0.25) is 4.79 Å². The molecule has 0 spiro atoms. The molecule has 2 saturated carbocycles. The summed E-state index contributed by atoms with van der Waals surface area (Å²) in [5.41, 5.74) is 2.97. The minimum Gasteiger partial charge on any atom is -0.347 e. The molecule has 1 unspecified atom stereocenters. The lowest BCUT2D eigenvalue weighted by Gasteiger charge is -2.39. The molecule has 0 aliphatic heterocycles. The molecule has 122 valence electrons. The Morgan fingerprint density at radius 3 is 2.87 bits per heavy atom. The SMILES string of the molecule is Cc1ccnc2[nH]c(C(=O)N[C@H]3C4C[C@@H]([C@@H]3C)C(C)(C)C4)cc12. The van der Waals surface area contributed by atoms with Crippen molar-refractivity contribution in [2.24, 2.45) is 23.2 Å². The van der Waals surface area contributed by atoms with Crippen LogP contribution in [0.5, 0.6) is 0 Å². The molecule has 2 heterocycles. The number of carbonyl (C=O) groups is 1. The quantitative estimate of drug-likeness (QED) is 0.889. The zero-order valence-electron chi connectivity index (χ0n) is 14.3. The molecule has 4 atom stereocenters. The first-order chi connectivity index (χ1) is 10.9. The first-order valence-corrected chi connectivity index (χ1v) is 8.62. The third-order valence-corrected chi connectivity index (χ3v) is 6.35. The third kappa shape index (κ3) is 2.19. The summed E-state index contributed by atoms with van der Waals surface area (Å²) in [5, 5.41) is 4.32. The van der Waals surface area contributed by atoms with Crippen LogP contribution in [0.2, 0.25) is 0 Å². The number of hydrogen-bond donors (Lipinski definition) is 2. The summed E-state index contributed by atoms with van der Waals surface area (Å²) >= 11 is 0. The Labute approximate surface area is 137 Å². The molecule has 2 N–H and O–H groups in total. The normalized spacial score (nSPS) is 31.7. The summed E-state index contributed by atoms with van der Waals surface area (Å²) in [5.74, 6) is 1.91. The van der Waals surface area contributed by atoms with E-state index in [1.54, 1.807) is 6.20 Å². The Balaban J connectivity index is 1.55. The Kier molecular flexibility index (Phi) is 3.09. The van der Waals surface area contributed by atoms with Gasteiger partial charge >= 0.3 is 0 Å². The predicted octanol–water partition coefficient (Wildman–Crippen LogP) is 3.67. The van der Waals surface area contributed by atoms with Crippen molar-refractivity contribution in [2.75, 3.05) is 0 Å². The molecule has 4 rings (SSSR count). The molecule has 2 fully saturated rings. The van der Waals surface area contributed by atoms with Crippen LogP contribution in [0.25, 0.3) is 11.0 Å². The second-order valence-corrected chi connectivity index (χ2v) is 8.23. The fourth-order valence-corrected chi connectivity index (χ4v) is 5.20. The number of aryl methyl sites for hydroxylation is 1. The highest BCUT2D eigenvalue weighted by Gasteiger charge is 2.54. The summed E-state index contributed by atoms with van der Waals surface area (Å²) in [4.78, 5) is 20.2. The number of pyridine rings is 1. The van der Waals surface area contributed by atoms with Gasteiger partial charge in [0.05, 0.1) is 0 Å². The van der Waals surface area contributed by atoms with Crippen LogP contribution in [0.3, 0.4) is 0 Å². The van der Waals surface area contributed by atoms with E-state index in [1.807, 2.05) is 19.1 Å². The number of amides is 1. The van der Waals surface area contributed by atoms with Crippen molar-refractivity contribution < 1.29 is 4.79 Å². The van der Waals surface area contributed by atoms with E-state index in [-0.39, 0.29) is 5.91 Å². The number of aromatic nitrogens is 2. The van der Waals surface area contributed by atoms with Crippen molar-refractivity contribution in [2.45, 2.75) is 46.6 Å². The minimum atomic E-state index is 0.00426. The molecule has 1 amide bonds. The summed E-state index contributed by atoms with van der Waals surface area (Å²) in [6.07, 6.45) is 4.25. The molecule has 0 radical (unpaired) electrons. The van der Waals surface area contributed by atoms with Gasteiger partial charge in [0.2, 0.25) is 0 Å². The van der Waals surface area contributed by atoms with Crippen LogP contribution in [0.4, 0.5) is 0 Å². The maximum Gasteiger partial charge on any atom is 0.268 e. The molecule has 4 heteroatoms. The molecule has 0 aromatic carbocycles. The second kappa shape index (κ2) is 4.83. The summed E-state index contributed by atoms with van der Waals surface area (Å²) < 4.78 is 0. The number of carbonyl (C=O) groups excluding carboxylic acids is 1. The fourth-order valence-electron chi connectivity index (χ4n) is 5.20. The van der Waals surface area contributed by atoms with Crippen molar-refractivity contribution in [1.82, 2.24) is 15.3 Å². The Hall–Kier alpha value is -1.84. The van der Waals surface area contributed by atoms with E-state index >= 15 is 0 Å². The summed E-state index contributed by atoms with van der Waals surface area (Å²) in [7, 11) is 0. The first kappa shape index (κ1) is 14.7. The third-order valence-electron chi connectivity index (χ3n) is 6.35. The van der Waals surface area contributed by atoms with Gasteiger partial charge in [0, 0.05) is 17.6 Å². The lowest BCUT2D eigenvalue weighted by atomic mass is 9.70. The van der Waals surface area contributed by atoms with Crippen LogP contribution in [-0.2, 0) is 0 Å². The summed E-state index contributed by atoms with van der Waals surface area (Å²) in [6, 6.07) is 4.20. The second-order valence-electron chi connectivity index (χ2n) is 8.23. The molecule has 23 heavy (non-hydrogen) atoms. The van der Waals surface area contributed by atoms with Gasteiger partial charge in [0.15, 0.2) is 0 Å². The highest BCUT2D eigenvalue weighted by atomic mass is 16.2. The average molecular weight is 311 g/mol. The molecule has 0 saturated heterocycles. The van der Waals surface area contributed by atoms with Crippen LogP contribution in [0.1, 0.15) is 49.7 Å². The van der Waals surface area contributed by atoms with Gasteiger partial charge in [-0.1, -0.05) is 20.8 Å². The van der Waals surface area contributed by atoms with Gasteiger partial charge in [-0.2, -0.15) is 0 Å². The molecule has 2 bridgehead atoms. The molecular weight excluding hydrogens is 286 g/mol. The largest absolute Gasteiger partial charge is 0.347 e. The van der Waals surface area contributed by atoms with Crippen molar-refractivity contribution in [3.63, 3.8) is 0 Å². The van der Waals surface area contributed by atoms with Crippen LogP contribution in [-0.4, -0.2) is 21.9 Å². The highest BCUT2D eigenvalue weighted by molar-refractivity contribution is 5.98. The van der Waals surface area contributed by atoms with Crippen LogP contribution in [0.15, 0.2) is 18.3 Å². The number of nitrogens with zero attached hydrogens (tertiary/aromatic N) is 1. The fraction of sp³-hybridized carbons (Fsp3) is 0.579. The minimum absolute atomic E-state index is 0.00426. The molecule has 2 aliphatic carbocycles. The van der Waals surface area contributed by atoms with Gasteiger partial charge < -0.3 is 10.3 Å². The monoisotopic (exact) mass is 311 g/mol. The van der Waals surface area contributed by atoms with Crippen molar-refractivity contribution in [3.8, 4) is 0 Å². The number of fused-ring (bicyclic) bond motifs is 3. The molecule has 2 aliphatic rings. The first-order valence-electron chi connectivity index (χ1n) is 8.62. The van der Waals surface area contributed by atoms with Crippen LogP contribution in [0, 0.1) is 30.1 Å². The predicted molar refractivity (Wildman–Crippen MR) is 91.2 cm³/mol. The topological polar surface area (TPSA) is 57.8 Å². The number of nitrogens with one attached hydrogen (secondary N) is 2. The van der Waals surface area contributed by atoms with E-state index in [4.69, 9.17) is 0 Å². The molecule has 2 aromatic heterocycles. The van der Waals surface area contributed by atoms with E-state index in [0.29, 0.717) is 29.0 Å². The molecular formula is C19H25N3O. The smallest absolute Gasteiger partial charge is 0.268 e. The van der Waals surface area contributed by atoms with Gasteiger partial charge in [-0.25, -0.2) is 4.98 Å². The van der Waals surface area contributed by atoms with Crippen LogP contribution >= 0.6 is 0 Å². The van der Waals surface area contributed by atoms with Crippen molar-refractivity contribution in [3.05, 3.63) is 29.6 Å². The molecule has 4 nitrogen and oxygen atoms in total. The Bertz CT molecular complexity index is 774. The van der Waals surface area contributed by atoms with Crippen molar-refractivity contribution >= 4 is 16.9 Å². The Morgan fingerprint density at radius 2 is 2.22 bits per heavy atom. The van der Waals surface area contributed by atoms with Crippen LogP contribution < -0.4 is 5.32 Å². The van der Waals surface area contributed by atoms with E-state index < -0.39 is 0 Å². The van der Waals surface area contributed by atoms with E-state index in [2.05, 4.69) is 36.1 Å². The van der Waals surface area contributed by atoms with Gasteiger partial charge in [0.25, 0.3) is 5.91 Å². The highest BCUT2D eigenvalue weighted by Crippen LogP contribution is 2.58. The van der Waals surface area contributed by atoms with E-state index in [0.717, 1.165) is 22.5 Å². The van der Waals surface area contributed by atoms with Crippen molar-refractivity contribution in [1.29, 1.82) is 0 Å². The van der Waals surface area contributed by atoms with Gasteiger partial charge in [-0.05, 0) is 60.6 Å². The molecule has 2 aromatic rings. The standard InChI is InChI=1S/C19H25N3O/c1-10-5-6-20-17-13(10)8-15(21-17)18(23)22-16-11(2)14-7-12(16)9-19(14,3)4/h5-6,8,11-12,14,16H,7,9H2,1-4H3,(H,20,21)(H,22,23)/t11-,12?,14-,16+/m0/s1. The maximum absolute atomic E-state index is 12.7.